The number of hydrogen-bond donors (Lipinski definition) is 0. The van der Waals surface area contributed by atoms with E-state index in [2.05, 4.69) is 4.90 Å². The van der Waals surface area contributed by atoms with Crippen LogP contribution < -0.4 is 0 Å². The number of carbonyl (C=O) groups is 1. The van der Waals surface area contributed by atoms with Gasteiger partial charge >= 0.3 is 0 Å². The normalized spacial score (nSPS) is 20.9. The maximum absolute atomic E-state index is 12.0. The van der Waals surface area contributed by atoms with Gasteiger partial charge in [0.05, 0.1) is 32.1 Å². The lowest BCUT2D eigenvalue weighted by Crippen LogP contribution is -2.46. The summed E-state index contributed by atoms with van der Waals surface area (Å²) in [4.78, 5) is 15.9. The van der Waals surface area contributed by atoms with Crippen molar-refractivity contribution in [3.63, 3.8) is 0 Å². The first-order valence-electron chi connectivity index (χ1n) is 6.25. The first-order valence-corrected chi connectivity index (χ1v) is 6.25. The van der Waals surface area contributed by atoms with Crippen molar-refractivity contribution in [3.8, 4) is 0 Å². The van der Waals surface area contributed by atoms with E-state index in [4.69, 9.17) is 9.15 Å². The fourth-order valence-corrected chi connectivity index (χ4v) is 2.07. The van der Waals surface area contributed by atoms with Crippen molar-refractivity contribution >= 4 is 5.91 Å². The zero-order valence-electron chi connectivity index (χ0n) is 11.0. The van der Waals surface area contributed by atoms with Crippen molar-refractivity contribution < 1.29 is 13.9 Å². The van der Waals surface area contributed by atoms with E-state index in [1.807, 2.05) is 19.1 Å². The van der Waals surface area contributed by atoms with Gasteiger partial charge in [0.2, 0.25) is 5.91 Å². The van der Waals surface area contributed by atoms with Crippen LogP contribution in [0.4, 0.5) is 0 Å². The highest BCUT2D eigenvalue weighted by atomic mass is 16.5. The first kappa shape index (κ1) is 13.1. The number of hydrogen-bond acceptors (Lipinski definition) is 4. The Morgan fingerprint density at radius 1 is 1.61 bits per heavy atom. The summed E-state index contributed by atoms with van der Waals surface area (Å²) in [7, 11) is 1.80. The molecule has 0 saturated carbocycles. The van der Waals surface area contributed by atoms with E-state index in [1.54, 1.807) is 18.2 Å². The Morgan fingerprint density at radius 2 is 2.44 bits per heavy atom. The van der Waals surface area contributed by atoms with Crippen LogP contribution in [-0.4, -0.2) is 55.1 Å². The Kier molecular flexibility index (Phi) is 4.38. The second kappa shape index (κ2) is 6.02. The average molecular weight is 252 g/mol. The summed E-state index contributed by atoms with van der Waals surface area (Å²) >= 11 is 0. The second-order valence-corrected chi connectivity index (χ2v) is 4.75. The van der Waals surface area contributed by atoms with Crippen LogP contribution in [0.25, 0.3) is 0 Å². The largest absolute Gasteiger partial charge is 0.467 e. The zero-order chi connectivity index (χ0) is 13.0. The summed E-state index contributed by atoms with van der Waals surface area (Å²) < 4.78 is 10.7. The van der Waals surface area contributed by atoms with Crippen LogP contribution in [0, 0.1) is 0 Å². The summed E-state index contributed by atoms with van der Waals surface area (Å²) in [6, 6.07) is 3.71. The molecule has 1 aromatic rings. The second-order valence-electron chi connectivity index (χ2n) is 4.75. The number of morpholine rings is 1. The summed E-state index contributed by atoms with van der Waals surface area (Å²) in [5.74, 6) is 0.918. The van der Waals surface area contributed by atoms with Crippen LogP contribution in [-0.2, 0) is 16.1 Å². The molecular weight excluding hydrogens is 232 g/mol. The van der Waals surface area contributed by atoms with Crippen LogP contribution in [0.2, 0.25) is 0 Å². The molecule has 1 fully saturated rings. The van der Waals surface area contributed by atoms with Crippen molar-refractivity contribution in [2.24, 2.45) is 0 Å². The summed E-state index contributed by atoms with van der Waals surface area (Å²) in [5, 5.41) is 0. The average Bonchev–Trinajstić information content (AvgIpc) is 2.81. The summed E-state index contributed by atoms with van der Waals surface area (Å²) in [6.07, 6.45) is 1.83. The van der Waals surface area contributed by atoms with Gasteiger partial charge < -0.3 is 14.1 Å². The fraction of sp³-hybridized carbons (Fsp3) is 0.615. The molecule has 0 spiro atoms. The molecule has 0 radical (unpaired) electrons. The molecule has 1 unspecified atom stereocenters. The molecule has 5 nitrogen and oxygen atoms in total. The number of rotatable bonds is 4. The van der Waals surface area contributed by atoms with Crippen molar-refractivity contribution in [1.82, 2.24) is 9.80 Å². The lowest BCUT2D eigenvalue weighted by Gasteiger charge is -2.31. The topological polar surface area (TPSA) is 45.9 Å². The first-order chi connectivity index (χ1) is 8.65. The van der Waals surface area contributed by atoms with Crippen LogP contribution in [0.15, 0.2) is 22.8 Å². The molecule has 1 amide bonds. The minimum Gasteiger partial charge on any atom is -0.467 e. The fourth-order valence-electron chi connectivity index (χ4n) is 2.07. The molecule has 1 saturated heterocycles. The molecule has 1 aliphatic rings. The molecule has 0 aliphatic carbocycles. The SMILES string of the molecule is CC1CN(CC(=O)N(C)Cc2ccco2)CCO1. The smallest absolute Gasteiger partial charge is 0.236 e. The minimum absolute atomic E-state index is 0.112. The lowest BCUT2D eigenvalue weighted by molar-refractivity contribution is -0.133. The third kappa shape index (κ3) is 3.58. The van der Waals surface area contributed by atoms with Gasteiger partial charge in [0.1, 0.15) is 5.76 Å². The quantitative estimate of drug-likeness (QED) is 0.800. The van der Waals surface area contributed by atoms with E-state index in [-0.39, 0.29) is 12.0 Å². The van der Waals surface area contributed by atoms with Gasteiger partial charge in [-0.15, -0.1) is 0 Å². The third-order valence-corrected chi connectivity index (χ3v) is 3.08. The molecule has 5 heteroatoms. The monoisotopic (exact) mass is 252 g/mol. The molecule has 1 aromatic heterocycles. The Bertz CT molecular complexity index is 378. The molecule has 2 rings (SSSR count). The van der Waals surface area contributed by atoms with Crippen LogP contribution in [0.1, 0.15) is 12.7 Å². The molecule has 0 N–H and O–H groups in total. The van der Waals surface area contributed by atoms with Gasteiger partial charge in [0.25, 0.3) is 0 Å². The third-order valence-electron chi connectivity index (χ3n) is 3.08. The van der Waals surface area contributed by atoms with Crippen LogP contribution >= 0.6 is 0 Å². The highest BCUT2D eigenvalue weighted by Crippen LogP contribution is 2.07. The van der Waals surface area contributed by atoms with E-state index in [1.165, 1.54) is 0 Å². The Balaban J connectivity index is 1.79. The molecule has 0 bridgehead atoms. The lowest BCUT2D eigenvalue weighted by atomic mass is 10.3. The number of furan rings is 1. The number of amides is 1. The van der Waals surface area contributed by atoms with E-state index in [0.717, 1.165) is 18.8 Å². The van der Waals surface area contributed by atoms with Gasteiger partial charge in [-0.05, 0) is 19.1 Å². The zero-order valence-corrected chi connectivity index (χ0v) is 11.0. The Labute approximate surface area is 107 Å². The molecule has 18 heavy (non-hydrogen) atoms. The highest BCUT2D eigenvalue weighted by molar-refractivity contribution is 5.77. The predicted molar refractivity (Wildman–Crippen MR) is 67.0 cm³/mol. The number of ether oxygens (including phenoxy) is 1. The van der Waals surface area contributed by atoms with Gasteiger partial charge in [0, 0.05) is 20.1 Å². The standard InChI is InChI=1S/C13H20N2O3/c1-11-8-15(5-7-17-11)10-13(16)14(2)9-12-4-3-6-18-12/h3-4,6,11H,5,7-10H2,1-2H3. The van der Waals surface area contributed by atoms with Gasteiger partial charge in [-0.2, -0.15) is 0 Å². The Morgan fingerprint density at radius 3 is 3.11 bits per heavy atom. The number of likely N-dealkylation sites (N-methyl/N-ethyl adjacent to an activating group) is 1. The molecule has 2 heterocycles. The van der Waals surface area contributed by atoms with E-state index >= 15 is 0 Å². The number of nitrogens with zero attached hydrogens (tertiary/aromatic N) is 2. The molecule has 1 aliphatic heterocycles. The van der Waals surface area contributed by atoms with Crippen molar-refractivity contribution in [2.45, 2.75) is 19.6 Å². The van der Waals surface area contributed by atoms with Crippen molar-refractivity contribution in [2.75, 3.05) is 33.3 Å². The van der Waals surface area contributed by atoms with E-state index in [0.29, 0.717) is 19.7 Å². The highest BCUT2D eigenvalue weighted by Gasteiger charge is 2.20. The number of carbonyl (C=O) groups excluding carboxylic acids is 1. The van der Waals surface area contributed by atoms with Crippen LogP contribution in [0.5, 0.6) is 0 Å². The van der Waals surface area contributed by atoms with Crippen molar-refractivity contribution in [3.05, 3.63) is 24.2 Å². The molecular formula is C13H20N2O3. The van der Waals surface area contributed by atoms with Crippen LogP contribution in [0.3, 0.4) is 0 Å². The van der Waals surface area contributed by atoms with E-state index in [9.17, 15) is 4.79 Å². The molecule has 0 aromatic carbocycles. The van der Waals surface area contributed by atoms with Gasteiger partial charge in [-0.25, -0.2) is 0 Å². The van der Waals surface area contributed by atoms with Gasteiger partial charge in [0.15, 0.2) is 0 Å². The van der Waals surface area contributed by atoms with Crippen molar-refractivity contribution in [1.29, 1.82) is 0 Å². The predicted octanol–water partition coefficient (Wildman–Crippen LogP) is 0.959. The molecule has 1 atom stereocenters. The minimum atomic E-state index is 0.112. The Hall–Kier alpha value is -1.33. The van der Waals surface area contributed by atoms with E-state index < -0.39 is 0 Å². The summed E-state index contributed by atoms with van der Waals surface area (Å²) in [6.45, 7) is 5.35. The molecule has 100 valence electrons. The summed E-state index contributed by atoms with van der Waals surface area (Å²) in [5.41, 5.74) is 0. The maximum atomic E-state index is 12.0. The maximum Gasteiger partial charge on any atom is 0.236 e. The van der Waals surface area contributed by atoms with Gasteiger partial charge in [-0.3, -0.25) is 9.69 Å². The van der Waals surface area contributed by atoms with Gasteiger partial charge in [-0.1, -0.05) is 0 Å².